The van der Waals surface area contributed by atoms with Crippen LogP contribution in [0.4, 0.5) is 0 Å². The van der Waals surface area contributed by atoms with E-state index in [1.807, 2.05) is 19.1 Å². The summed E-state index contributed by atoms with van der Waals surface area (Å²) in [6.45, 7) is 12.7. The standard InChI is InChI=1S/C11H20N2/c1-6-8-10(12-7-2)9-13-11(3,4)5/h6-8,13H,2,9H2,1,3-5H3/b8-6-,12-10?. The predicted octanol–water partition coefficient (Wildman–Crippen LogP) is 2.54. The van der Waals surface area contributed by atoms with Crippen molar-refractivity contribution in [2.24, 2.45) is 4.99 Å². The summed E-state index contributed by atoms with van der Waals surface area (Å²) in [7, 11) is 0. The fourth-order valence-corrected chi connectivity index (χ4v) is 0.813. The molecule has 13 heavy (non-hydrogen) atoms. The van der Waals surface area contributed by atoms with E-state index in [4.69, 9.17) is 0 Å². The Bertz CT molecular complexity index is 207. The molecule has 0 rings (SSSR count). The van der Waals surface area contributed by atoms with Crippen LogP contribution in [0.5, 0.6) is 0 Å². The highest BCUT2D eigenvalue weighted by atomic mass is 15.0. The average molecular weight is 180 g/mol. The van der Waals surface area contributed by atoms with Gasteiger partial charge in [-0.2, -0.15) is 0 Å². The van der Waals surface area contributed by atoms with Crippen molar-refractivity contribution in [2.45, 2.75) is 33.2 Å². The molecule has 0 fully saturated rings. The SMILES string of the molecule is C=CN=C(/C=C\C)CNC(C)(C)C. The highest BCUT2D eigenvalue weighted by molar-refractivity contribution is 5.96. The van der Waals surface area contributed by atoms with Crippen LogP contribution in [0.2, 0.25) is 0 Å². The molecule has 0 aromatic carbocycles. The maximum absolute atomic E-state index is 4.15. The van der Waals surface area contributed by atoms with Crippen LogP contribution in [-0.2, 0) is 0 Å². The van der Waals surface area contributed by atoms with Gasteiger partial charge in [0, 0.05) is 18.3 Å². The molecule has 0 aliphatic rings. The van der Waals surface area contributed by atoms with E-state index in [-0.39, 0.29) is 5.54 Å². The molecule has 0 aromatic rings. The summed E-state index contributed by atoms with van der Waals surface area (Å²) in [4.78, 5) is 4.15. The minimum atomic E-state index is 0.128. The van der Waals surface area contributed by atoms with E-state index in [0.29, 0.717) is 0 Å². The minimum Gasteiger partial charge on any atom is -0.306 e. The quantitative estimate of drug-likeness (QED) is 0.661. The van der Waals surface area contributed by atoms with Gasteiger partial charge in [-0.1, -0.05) is 12.7 Å². The number of hydrogen-bond acceptors (Lipinski definition) is 2. The number of nitrogens with one attached hydrogen (secondary N) is 1. The molecule has 0 saturated carbocycles. The maximum Gasteiger partial charge on any atom is 0.0538 e. The fraction of sp³-hybridized carbons (Fsp3) is 0.545. The van der Waals surface area contributed by atoms with Gasteiger partial charge in [-0.15, -0.1) is 0 Å². The van der Waals surface area contributed by atoms with Crippen LogP contribution >= 0.6 is 0 Å². The van der Waals surface area contributed by atoms with Crippen LogP contribution in [0.1, 0.15) is 27.7 Å². The van der Waals surface area contributed by atoms with Crippen LogP contribution in [0.3, 0.4) is 0 Å². The summed E-state index contributed by atoms with van der Waals surface area (Å²) in [5, 5.41) is 3.36. The lowest BCUT2D eigenvalue weighted by Crippen LogP contribution is -2.38. The summed E-state index contributed by atoms with van der Waals surface area (Å²) >= 11 is 0. The Labute approximate surface area is 81.5 Å². The molecule has 74 valence electrons. The van der Waals surface area contributed by atoms with Crippen LogP contribution in [0.25, 0.3) is 0 Å². The molecule has 0 aliphatic carbocycles. The summed E-state index contributed by atoms with van der Waals surface area (Å²) in [6, 6.07) is 0. The van der Waals surface area contributed by atoms with Crippen molar-refractivity contribution in [1.82, 2.24) is 5.32 Å². The van der Waals surface area contributed by atoms with Crippen molar-refractivity contribution in [2.75, 3.05) is 6.54 Å². The Morgan fingerprint density at radius 1 is 1.46 bits per heavy atom. The first-order valence-electron chi connectivity index (χ1n) is 4.55. The molecule has 0 heterocycles. The second-order valence-corrected chi connectivity index (χ2v) is 3.91. The van der Waals surface area contributed by atoms with Crippen LogP contribution in [0.15, 0.2) is 29.9 Å². The fourth-order valence-electron chi connectivity index (χ4n) is 0.813. The van der Waals surface area contributed by atoms with Gasteiger partial charge >= 0.3 is 0 Å². The molecule has 0 radical (unpaired) electrons. The van der Waals surface area contributed by atoms with Gasteiger partial charge in [0.2, 0.25) is 0 Å². The van der Waals surface area contributed by atoms with Crippen LogP contribution in [0, 0.1) is 0 Å². The predicted molar refractivity (Wildman–Crippen MR) is 60.2 cm³/mol. The van der Waals surface area contributed by atoms with Crippen molar-refractivity contribution < 1.29 is 0 Å². The van der Waals surface area contributed by atoms with E-state index in [2.05, 4.69) is 37.7 Å². The number of hydrogen-bond donors (Lipinski definition) is 1. The topological polar surface area (TPSA) is 24.4 Å². The first-order valence-corrected chi connectivity index (χ1v) is 4.55. The second kappa shape index (κ2) is 5.70. The van der Waals surface area contributed by atoms with Gasteiger partial charge in [0.1, 0.15) is 0 Å². The van der Waals surface area contributed by atoms with E-state index >= 15 is 0 Å². The lowest BCUT2D eigenvalue weighted by atomic mass is 10.1. The molecule has 0 saturated heterocycles. The molecule has 0 spiro atoms. The zero-order chi connectivity index (χ0) is 10.3. The molecule has 0 aliphatic heterocycles. The Morgan fingerprint density at radius 2 is 2.08 bits per heavy atom. The molecule has 2 nitrogen and oxygen atoms in total. The highest BCUT2D eigenvalue weighted by Crippen LogP contribution is 1.97. The average Bonchev–Trinajstić information content (AvgIpc) is 2.00. The number of allylic oxidation sites excluding steroid dienone is 1. The molecule has 0 atom stereocenters. The van der Waals surface area contributed by atoms with Gasteiger partial charge in [-0.3, -0.25) is 4.99 Å². The summed E-state index contributed by atoms with van der Waals surface area (Å²) in [5.74, 6) is 0. The van der Waals surface area contributed by atoms with Crippen molar-refractivity contribution in [1.29, 1.82) is 0 Å². The Balaban J connectivity index is 4.13. The largest absolute Gasteiger partial charge is 0.306 e. The number of aliphatic imine (C=N–C) groups is 1. The van der Waals surface area contributed by atoms with E-state index < -0.39 is 0 Å². The lowest BCUT2D eigenvalue weighted by Gasteiger charge is -2.20. The molecule has 2 heteroatoms. The van der Waals surface area contributed by atoms with Crippen LogP contribution in [-0.4, -0.2) is 17.8 Å². The molecule has 0 aromatic heterocycles. The summed E-state index contributed by atoms with van der Waals surface area (Å²) in [5.41, 5.74) is 1.14. The molecular formula is C11H20N2. The Kier molecular flexibility index (Phi) is 5.31. The lowest BCUT2D eigenvalue weighted by molar-refractivity contribution is 0.455. The highest BCUT2D eigenvalue weighted by Gasteiger charge is 2.08. The van der Waals surface area contributed by atoms with Crippen LogP contribution < -0.4 is 5.32 Å². The van der Waals surface area contributed by atoms with Crippen molar-refractivity contribution in [3.8, 4) is 0 Å². The van der Waals surface area contributed by atoms with Gasteiger partial charge in [0.05, 0.1) is 5.71 Å². The Hall–Kier alpha value is -0.890. The zero-order valence-electron chi connectivity index (χ0n) is 9.09. The monoisotopic (exact) mass is 180 g/mol. The molecule has 1 N–H and O–H groups in total. The zero-order valence-corrected chi connectivity index (χ0v) is 9.09. The van der Waals surface area contributed by atoms with E-state index in [1.165, 1.54) is 0 Å². The van der Waals surface area contributed by atoms with E-state index in [1.54, 1.807) is 6.20 Å². The van der Waals surface area contributed by atoms with Gasteiger partial charge in [-0.25, -0.2) is 0 Å². The smallest absolute Gasteiger partial charge is 0.0538 e. The normalized spacial score (nSPS) is 13.7. The van der Waals surface area contributed by atoms with Crippen molar-refractivity contribution in [3.63, 3.8) is 0 Å². The van der Waals surface area contributed by atoms with Gasteiger partial charge < -0.3 is 5.32 Å². The summed E-state index contributed by atoms with van der Waals surface area (Å²) < 4.78 is 0. The first-order chi connectivity index (χ1) is 5.99. The van der Waals surface area contributed by atoms with Gasteiger partial charge in [0.15, 0.2) is 0 Å². The third kappa shape index (κ3) is 7.47. The first kappa shape index (κ1) is 12.1. The molecular weight excluding hydrogens is 160 g/mol. The van der Waals surface area contributed by atoms with E-state index in [0.717, 1.165) is 12.3 Å². The minimum absolute atomic E-state index is 0.128. The number of nitrogens with zero attached hydrogens (tertiary/aromatic N) is 1. The van der Waals surface area contributed by atoms with Gasteiger partial charge in [0.25, 0.3) is 0 Å². The molecule has 0 unspecified atom stereocenters. The summed E-state index contributed by atoms with van der Waals surface area (Å²) in [6.07, 6.45) is 5.53. The van der Waals surface area contributed by atoms with E-state index in [9.17, 15) is 0 Å². The molecule has 0 amide bonds. The van der Waals surface area contributed by atoms with Crippen molar-refractivity contribution in [3.05, 3.63) is 24.9 Å². The third-order valence-corrected chi connectivity index (χ3v) is 1.42. The number of rotatable bonds is 4. The van der Waals surface area contributed by atoms with Crippen molar-refractivity contribution >= 4 is 5.71 Å². The van der Waals surface area contributed by atoms with Gasteiger partial charge in [-0.05, 0) is 33.8 Å². The Morgan fingerprint density at radius 3 is 2.46 bits per heavy atom. The third-order valence-electron chi connectivity index (χ3n) is 1.42. The second-order valence-electron chi connectivity index (χ2n) is 3.91. The molecule has 0 bridgehead atoms. The maximum atomic E-state index is 4.15.